The maximum atomic E-state index is 12.1. The number of rotatable bonds is 4. The summed E-state index contributed by atoms with van der Waals surface area (Å²) in [6.07, 6.45) is 2.12. The summed E-state index contributed by atoms with van der Waals surface area (Å²) in [6, 6.07) is 0.169. The molecule has 0 aromatic rings. The highest BCUT2D eigenvalue weighted by Crippen LogP contribution is 2.12. The molecule has 7 heteroatoms. The zero-order valence-electron chi connectivity index (χ0n) is 13.0. The van der Waals surface area contributed by atoms with Crippen LogP contribution >= 0.6 is 24.8 Å². The first-order chi connectivity index (χ1) is 9.15. The van der Waals surface area contributed by atoms with E-state index in [1.54, 1.807) is 0 Å². The van der Waals surface area contributed by atoms with Gasteiger partial charge < -0.3 is 20.3 Å². The van der Waals surface area contributed by atoms with Gasteiger partial charge in [-0.25, -0.2) is 0 Å². The van der Waals surface area contributed by atoms with Crippen molar-refractivity contribution in [1.29, 1.82) is 0 Å². The number of piperidine rings is 1. The summed E-state index contributed by atoms with van der Waals surface area (Å²) in [5.41, 5.74) is 0. The van der Waals surface area contributed by atoms with Gasteiger partial charge in [0, 0.05) is 32.2 Å². The van der Waals surface area contributed by atoms with Gasteiger partial charge in [-0.05, 0) is 18.8 Å². The van der Waals surface area contributed by atoms with Crippen LogP contribution in [-0.4, -0.2) is 62.3 Å². The lowest BCUT2D eigenvalue weighted by atomic mass is 10.0. The first kappa shape index (κ1) is 20.9. The molecule has 2 rings (SSSR count). The van der Waals surface area contributed by atoms with Crippen molar-refractivity contribution in [1.82, 2.24) is 15.5 Å². The highest BCUT2D eigenvalue weighted by Gasteiger charge is 2.26. The molecule has 2 heterocycles. The van der Waals surface area contributed by atoms with E-state index in [-0.39, 0.29) is 36.8 Å². The van der Waals surface area contributed by atoms with Gasteiger partial charge in [-0.1, -0.05) is 13.8 Å². The Balaban J connectivity index is 0.00000200. The predicted molar refractivity (Wildman–Crippen MR) is 89.5 cm³/mol. The van der Waals surface area contributed by atoms with Crippen LogP contribution in [0.3, 0.4) is 0 Å². The summed E-state index contributed by atoms with van der Waals surface area (Å²) < 4.78 is 5.32. The number of carbonyl (C=O) groups excluding carboxylic acids is 1. The van der Waals surface area contributed by atoms with Crippen molar-refractivity contribution in [3.05, 3.63) is 0 Å². The molecule has 0 aromatic heterocycles. The highest BCUT2D eigenvalue weighted by atomic mass is 35.5. The number of nitrogens with one attached hydrogen (secondary N) is 2. The smallest absolute Gasteiger partial charge is 0.239 e. The van der Waals surface area contributed by atoms with Crippen LogP contribution in [0.1, 0.15) is 26.7 Å². The molecule has 2 N–H and O–H groups in total. The van der Waals surface area contributed by atoms with Crippen LogP contribution in [0.15, 0.2) is 0 Å². The Labute approximate surface area is 140 Å². The molecule has 0 spiro atoms. The Morgan fingerprint density at radius 3 is 2.52 bits per heavy atom. The van der Waals surface area contributed by atoms with Crippen LogP contribution in [0.25, 0.3) is 0 Å². The molecule has 1 unspecified atom stereocenters. The molecule has 2 fully saturated rings. The van der Waals surface area contributed by atoms with E-state index in [9.17, 15) is 4.79 Å². The fraction of sp³-hybridized carbons (Fsp3) is 0.929. The van der Waals surface area contributed by atoms with Crippen molar-refractivity contribution in [2.24, 2.45) is 5.92 Å². The van der Waals surface area contributed by atoms with Gasteiger partial charge in [-0.3, -0.25) is 4.79 Å². The summed E-state index contributed by atoms with van der Waals surface area (Å²) in [6.45, 7) is 9.83. The van der Waals surface area contributed by atoms with Gasteiger partial charge in [0.25, 0.3) is 0 Å². The van der Waals surface area contributed by atoms with Gasteiger partial charge in [0.2, 0.25) is 5.91 Å². The van der Waals surface area contributed by atoms with Crippen LogP contribution in [0.4, 0.5) is 0 Å². The lowest BCUT2D eigenvalue weighted by Crippen LogP contribution is -2.55. The number of halogens is 2. The fourth-order valence-electron chi connectivity index (χ4n) is 2.81. The van der Waals surface area contributed by atoms with E-state index in [0.717, 1.165) is 38.4 Å². The standard InChI is InChI=1S/C14H27N3O2.2ClH/c1-11(2)9-17-6-3-12(4-7-17)16-14(18)13-10-19-8-5-15-13;;/h11-13,15H,3-10H2,1-2H3,(H,16,18);2*1H. The van der Waals surface area contributed by atoms with Gasteiger partial charge >= 0.3 is 0 Å². The van der Waals surface area contributed by atoms with Crippen molar-refractivity contribution in [3.8, 4) is 0 Å². The second kappa shape index (κ2) is 10.6. The number of morpholine rings is 1. The molecule has 5 nitrogen and oxygen atoms in total. The molecule has 1 amide bonds. The molecular weight excluding hydrogens is 313 g/mol. The third kappa shape index (κ3) is 7.15. The van der Waals surface area contributed by atoms with Crippen LogP contribution in [-0.2, 0) is 9.53 Å². The minimum atomic E-state index is -0.164. The first-order valence-corrected chi connectivity index (χ1v) is 7.49. The molecule has 0 saturated carbocycles. The third-order valence-electron chi connectivity index (χ3n) is 3.80. The quantitative estimate of drug-likeness (QED) is 0.802. The van der Waals surface area contributed by atoms with Crippen molar-refractivity contribution in [2.45, 2.75) is 38.8 Å². The first-order valence-electron chi connectivity index (χ1n) is 7.49. The number of hydrogen-bond donors (Lipinski definition) is 2. The van der Waals surface area contributed by atoms with Crippen molar-refractivity contribution < 1.29 is 9.53 Å². The second-order valence-corrected chi connectivity index (χ2v) is 6.06. The maximum Gasteiger partial charge on any atom is 0.239 e. The SMILES string of the molecule is CC(C)CN1CCC(NC(=O)C2COCCN2)CC1.Cl.Cl. The van der Waals surface area contributed by atoms with Gasteiger partial charge in [-0.15, -0.1) is 24.8 Å². The zero-order valence-corrected chi connectivity index (χ0v) is 14.6. The lowest BCUT2D eigenvalue weighted by molar-refractivity contribution is -0.126. The molecule has 1 atom stereocenters. The fourth-order valence-corrected chi connectivity index (χ4v) is 2.81. The Morgan fingerprint density at radius 1 is 1.33 bits per heavy atom. The van der Waals surface area contributed by atoms with Crippen molar-refractivity contribution in [3.63, 3.8) is 0 Å². The molecule has 21 heavy (non-hydrogen) atoms. The van der Waals surface area contributed by atoms with E-state index in [4.69, 9.17) is 4.74 Å². The zero-order chi connectivity index (χ0) is 13.7. The van der Waals surface area contributed by atoms with Crippen LogP contribution in [0.2, 0.25) is 0 Å². The largest absolute Gasteiger partial charge is 0.378 e. The highest BCUT2D eigenvalue weighted by molar-refractivity contribution is 5.85. The van der Waals surface area contributed by atoms with E-state index in [1.807, 2.05) is 0 Å². The number of amides is 1. The van der Waals surface area contributed by atoms with E-state index in [2.05, 4.69) is 29.4 Å². The Hall–Kier alpha value is -0.0700. The number of carbonyl (C=O) groups is 1. The van der Waals surface area contributed by atoms with E-state index >= 15 is 0 Å². The number of likely N-dealkylation sites (tertiary alicyclic amines) is 1. The van der Waals surface area contributed by atoms with Crippen LogP contribution in [0, 0.1) is 5.92 Å². The molecular formula is C14H29Cl2N3O2. The summed E-state index contributed by atoms with van der Waals surface area (Å²) in [7, 11) is 0. The molecule has 2 aliphatic rings. The maximum absolute atomic E-state index is 12.1. The van der Waals surface area contributed by atoms with E-state index in [0.29, 0.717) is 19.3 Å². The molecule has 2 aliphatic heterocycles. The van der Waals surface area contributed by atoms with Gasteiger partial charge in [0.05, 0.1) is 13.2 Å². The average molecular weight is 342 g/mol. The molecule has 0 aliphatic carbocycles. The van der Waals surface area contributed by atoms with Crippen molar-refractivity contribution >= 4 is 30.7 Å². The normalized spacial score (nSPS) is 24.0. The summed E-state index contributed by atoms with van der Waals surface area (Å²) in [5, 5.41) is 6.35. The Morgan fingerprint density at radius 2 is 2.00 bits per heavy atom. The van der Waals surface area contributed by atoms with Gasteiger partial charge in [-0.2, -0.15) is 0 Å². The monoisotopic (exact) mass is 341 g/mol. The topological polar surface area (TPSA) is 53.6 Å². The number of hydrogen-bond acceptors (Lipinski definition) is 4. The van der Waals surface area contributed by atoms with Gasteiger partial charge in [0.15, 0.2) is 0 Å². The number of ether oxygens (including phenoxy) is 1. The van der Waals surface area contributed by atoms with Crippen LogP contribution < -0.4 is 10.6 Å². The molecule has 2 saturated heterocycles. The molecule has 0 bridgehead atoms. The minimum absolute atomic E-state index is 0. The minimum Gasteiger partial charge on any atom is -0.378 e. The molecule has 0 aromatic carbocycles. The van der Waals surface area contributed by atoms with Crippen LogP contribution in [0.5, 0.6) is 0 Å². The van der Waals surface area contributed by atoms with Crippen molar-refractivity contribution in [2.75, 3.05) is 39.4 Å². The van der Waals surface area contributed by atoms with E-state index < -0.39 is 0 Å². The van der Waals surface area contributed by atoms with Gasteiger partial charge in [0.1, 0.15) is 6.04 Å². The summed E-state index contributed by atoms with van der Waals surface area (Å²) >= 11 is 0. The third-order valence-corrected chi connectivity index (χ3v) is 3.80. The predicted octanol–water partition coefficient (Wildman–Crippen LogP) is 1.05. The summed E-state index contributed by atoms with van der Waals surface area (Å²) in [4.78, 5) is 14.6. The summed E-state index contributed by atoms with van der Waals surface area (Å²) in [5.74, 6) is 0.816. The Kier molecular flexibility index (Phi) is 10.6. The lowest BCUT2D eigenvalue weighted by Gasteiger charge is -2.34. The molecule has 126 valence electrons. The Bertz CT molecular complexity index is 292. The molecule has 0 radical (unpaired) electrons. The number of nitrogens with zero attached hydrogens (tertiary/aromatic N) is 1. The average Bonchev–Trinajstić information content (AvgIpc) is 2.41. The second-order valence-electron chi connectivity index (χ2n) is 6.06. The van der Waals surface area contributed by atoms with E-state index in [1.165, 1.54) is 6.54 Å².